The molecule has 2 heteroatoms. The quantitative estimate of drug-likeness (QED) is 0.321. The summed E-state index contributed by atoms with van der Waals surface area (Å²) >= 11 is 0. The molecular formula is C31H37FO. The molecule has 0 N–H and O–H groups in total. The molecule has 1 nitrogen and oxygen atoms in total. The fourth-order valence-electron chi connectivity index (χ4n) is 5.37. The van der Waals surface area contributed by atoms with E-state index in [2.05, 4.69) is 61.5 Å². The van der Waals surface area contributed by atoms with Gasteiger partial charge in [-0.3, -0.25) is 0 Å². The normalized spacial score (nSPS) is 19.2. The lowest BCUT2D eigenvalue weighted by atomic mass is 9.75. The zero-order valence-electron chi connectivity index (χ0n) is 20.1. The number of halogens is 1. The van der Waals surface area contributed by atoms with E-state index in [-0.39, 0.29) is 5.82 Å². The van der Waals surface area contributed by atoms with Gasteiger partial charge in [-0.1, -0.05) is 67.6 Å². The van der Waals surface area contributed by atoms with E-state index in [1.165, 1.54) is 48.8 Å². The minimum atomic E-state index is -0.265. The van der Waals surface area contributed by atoms with Crippen molar-refractivity contribution >= 4 is 0 Å². The predicted molar refractivity (Wildman–Crippen MR) is 136 cm³/mol. The second-order valence-electron chi connectivity index (χ2n) is 9.70. The van der Waals surface area contributed by atoms with E-state index in [1.807, 2.05) is 13.0 Å². The monoisotopic (exact) mass is 444 g/mol. The predicted octanol–water partition coefficient (Wildman–Crippen LogP) is 8.48. The SMILES string of the molecule is CCOc1ccc(CCc2ccc(C3CCC(CC(C)c4ccccc4)CC3)cc2)cc1F. The molecule has 1 aliphatic rings. The number of benzene rings is 3. The fraction of sp³-hybridized carbons (Fsp3) is 0.419. The molecule has 1 atom stereocenters. The first kappa shape index (κ1) is 23.5. The molecular weight excluding hydrogens is 407 g/mol. The molecule has 0 radical (unpaired) electrons. The number of aryl methyl sites for hydroxylation is 2. The Morgan fingerprint density at radius 1 is 0.848 bits per heavy atom. The second kappa shape index (κ2) is 11.5. The first-order valence-electron chi connectivity index (χ1n) is 12.7. The van der Waals surface area contributed by atoms with Gasteiger partial charge in [0, 0.05) is 0 Å². The zero-order valence-corrected chi connectivity index (χ0v) is 20.1. The molecule has 3 aromatic carbocycles. The van der Waals surface area contributed by atoms with E-state index in [9.17, 15) is 4.39 Å². The van der Waals surface area contributed by atoms with Crippen molar-refractivity contribution in [3.63, 3.8) is 0 Å². The van der Waals surface area contributed by atoms with Gasteiger partial charge in [-0.05, 0) is 104 Å². The maximum Gasteiger partial charge on any atom is 0.165 e. The Hall–Kier alpha value is -2.61. The van der Waals surface area contributed by atoms with Crippen molar-refractivity contribution in [2.45, 2.75) is 70.6 Å². The summed E-state index contributed by atoms with van der Waals surface area (Å²) in [4.78, 5) is 0. The highest BCUT2D eigenvalue weighted by molar-refractivity contribution is 5.31. The number of hydrogen-bond donors (Lipinski definition) is 0. The van der Waals surface area contributed by atoms with Gasteiger partial charge in [0.15, 0.2) is 11.6 Å². The highest BCUT2D eigenvalue weighted by Crippen LogP contribution is 2.39. The van der Waals surface area contributed by atoms with Crippen LogP contribution in [0, 0.1) is 11.7 Å². The van der Waals surface area contributed by atoms with Crippen LogP contribution in [-0.4, -0.2) is 6.61 Å². The largest absolute Gasteiger partial charge is 0.491 e. The van der Waals surface area contributed by atoms with Crippen LogP contribution >= 0.6 is 0 Å². The Morgan fingerprint density at radius 2 is 1.52 bits per heavy atom. The van der Waals surface area contributed by atoms with Gasteiger partial charge in [-0.25, -0.2) is 4.39 Å². The lowest BCUT2D eigenvalue weighted by molar-refractivity contribution is 0.297. The molecule has 0 amide bonds. The van der Waals surface area contributed by atoms with Gasteiger partial charge in [-0.2, -0.15) is 0 Å². The van der Waals surface area contributed by atoms with Crippen LogP contribution in [0.3, 0.4) is 0 Å². The molecule has 1 unspecified atom stereocenters. The molecule has 0 aliphatic heterocycles. The van der Waals surface area contributed by atoms with Gasteiger partial charge in [0.2, 0.25) is 0 Å². The third kappa shape index (κ3) is 6.47. The Balaban J connectivity index is 1.25. The zero-order chi connectivity index (χ0) is 23.0. The van der Waals surface area contributed by atoms with E-state index in [0.717, 1.165) is 24.3 Å². The maximum absolute atomic E-state index is 14.1. The van der Waals surface area contributed by atoms with Crippen molar-refractivity contribution in [2.75, 3.05) is 6.61 Å². The molecule has 3 aromatic rings. The van der Waals surface area contributed by atoms with Crippen molar-refractivity contribution in [1.29, 1.82) is 0 Å². The van der Waals surface area contributed by atoms with E-state index >= 15 is 0 Å². The van der Waals surface area contributed by atoms with Crippen LogP contribution < -0.4 is 4.74 Å². The smallest absolute Gasteiger partial charge is 0.165 e. The van der Waals surface area contributed by atoms with Crippen LogP contribution in [-0.2, 0) is 12.8 Å². The molecule has 0 bridgehead atoms. The fourth-order valence-corrected chi connectivity index (χ4v) is 5.37. The first-order chi connectivity index (χ1) is 16.1. The van der Waals surface area contributed by atoms with Gasteiger partial charge < -0.3 is 4.74 Å². The Kier molecular flexibility index (Phi) is 8.20. The summed E-state index contributed by atoms with van der Waals surface area (Å²) in [6.45, 7) is 4.73. The summed E-state index contributed by atoms with van der Waals surface area (Å²) in [7, 11) is 0. The van der Waals surface area contributed by atoms with Crippen LogP contribution in [0.5, 0.6) is 5.75 Å². The van der Waals surface area contributed by atoms with Gasteiger partial charge in [0.1, 0.15) is 0 Å². The van der Waals surface area contributed by atoms with Gasteiger partial charge >= 0.3 is 0 Å². The average molecular weight is 445 g/mol. The van der Waals surface area contributed by atoms with Gasteiger partial charge in [-0.15, -0.1) is 0 Å². The Labute approximate surface area is 199 Å². The van der Waals surface area contributed by atoms with E-state index in [0.29, 0.717) is 24.2 Å². The second-order valence-corrected chi connectivity index (χ2v) is 9.70. The van der Waals surface area contributed by atoms with E-state index in [4.69, 9.17) is 4.74 Å². The summed E-state index contributed by atoms with van der Waals surface area (Å²) in [5.41, 5.74) is 5.30. The molecule has 4 rings (SSSR count). The van der Waals surface area contributed by atoms with Crippen molar-refractivity contribution in [1.82, 2.24) is 0 Å². The van der Waals surface area contributed by atoms with E-state index < -0.39 is 0 Å². The molecule has 174 valence electrons. The molecule has 1 fully saturated rings. The molecule has 0 heterocycles. The summed E-state index contributed by atoms with van der Waals surface area (Å²) in [6.07, 6.45) is 8.36. The summed E-state index contributed by atoms with van der Waals surface area (Å²) in [6, 6.07) is 25.5. The molecule has 0 aromatic heterocycles. The van der Waals surface area contributed by atoms with Crippen molar-refractivity contribution in [3.8, 4) is 5.75 Å². The maximum atomic E-state index is 14.1. The molecule has 0 saturated heterocycles. The minimum Gasteiger partial charge on any atom is -0.491 e. The van der Waals surface area contributed by atoms with Crippen molar-refractivity contribution in [2.24, 2.45) is 5.92 Å². The van der Waals surface area contributed by atoms with Crippen LogP contribution in [0.2, 0.25) is 0 Å². The summed E-state index contributed by atoms with van der Waals surface area (Å²) in [5.74, 6) is 2.27. The third-order valence-electron chi connectivity index (χ3n) is 7.35. The first-order valence-corrected chi connectivity index (χ1v) is 12.7. The highest BCUT2D eigenvalue weighted by atomic mass is 19.1. The minimum absolute atomic E-state index is 0.265. The lowest BCUT2D eigenvalue weighted by Crippen LogP contribution is -2.15. The number of ether oxygens (including phenoxy) is 1. The summed E-state index contributed by atoms with van der Waals surface area (Å²) in [5, 5.41) is 0. The summed E-state index contributed by atoms with van der Waals surface area (Å²) < 4.78 is 19.4. The average Bonchev–Trinajstić information content (AvgIpc) is 2.86. The van der Waals surface area contributed by atoms with Crippen LogP contribution in [0.1, 0.15) is 80.0 Å². The lowest BCUT2D eigenvalue weighted by Gasteiger charge is -2.30. The number of rotatable bonds is 9. The van der Waals surface area contributed by atoms with Crippen molar-refractivity contribution < 1.29 is 9.13 Å². The Morgan fingerprint density at radius 3 is 2.18 bits per heavy atom. The standard InChI is InChI=1S/C31H37FO/c1-3-33-31-20-15-26(22-30(31)32)10-9-24-11-16-28(17-12-24)29-18-13-25(14-19-29)21-23(2)27-7-5-4-6-8-27/h4-8,11-12,15-17,20,22-23,25,29H,3,9-10,13-14,18-19,21H2,1-2H3. The molecule has 1 saturated carbocycles. The molecule has 1 aliphatic carbocycles. The topological polar surface area (TPSA) is 9.23 Å². The van der Waals surface area contributed by atoms with E-state index in [1.54, 1.807) is 12.1 Å². The van der Waals surface area contributed by atoms with Crippen LogP contribution in [0.25, 0.3) is 0 Å². The highest BCUT2D eigenvalue weighted by Gasteiger charge is 2.24. The van der Waals surface area contributed by atoms with Gasteiger partial charge in [0.25, 0.3) is 0 Å². The van der Waals surface area contributed by atoms with Crippen molar-refractivity contribution in [3.05, 3.63) is 101 Å². The Bertz CT molecular complexity index is 987. The molecule has 33 heavy (non-hydrogen) atoms. The van der Waals surface area contributed by atoms with Crippen LogP contribution in [0.4, 0.5) is 4.39 Å². The molecule has 0 spiro atoms. The van der Waals surface area contributed by atoms with Crippen LogP contribution in [0.15, 0.2) is 72.8 Å². The third-order valence-corrected chi connectivity index (χ3v) is 7.35. The van der Waals surface area contributed by atoms with Gasteiger partial charge in [0.05, 0.1) is 6.61 Å². The number of hydrogen-bond acceptors (Lipinski definition) is 1.